The summed E-state index contributed by atoms with van der Waals surface area (Å²) >= 11 is 0. The molecule has 2 rings (SSSR count). The van der Waals surface area contributed by atoms with Crippen molar-refractivity contribution in [3.63, 3.8) is 0 Å². The second-order valence-corrected chi connectivity index (χ2v) is 7.45. The van der Waals surface area contributed by atoms with Crippen molar-refractivity contribution in [2.24, 2.45) is 21.5 Å². The second-order valence-electron chi connectivity index (χ2n) is 7.45. The van der Waals surface area contributed by atoms with Gasteiger partial charge < -0.3 is 16.2 Å². The first-order valence-corrected chi connectivity index (χ1v) is 10.9. The summed E-state index contributed by atoms with van der Waals surface area (Å²) in [7, 11) is 1.49. The summed E-state index contributed by atoms with van der Waals surface area (Å²) in [6.45, 7) is 3.81. The third kappa shape index (κ3) is 8.84. The molecule has 0 radical (unpaired) electrons. The van der Waals surface area contributed by atoms with Crippen LogP contribution in [0.1, 0.15) is 42.6 Å². The fraction of sp³-hybridized carbons (Fsp3) is 0.240. The highest BCUT2D eigenvalue weighted by Crippen LogP contribution is 2.26. The Kier molecular flexibility index (Phi) is 10.3. The minimum absolute atomic E-state index is 0.0196. The number of benzene rings is 1. The first kappa shape index (κ1) is 26.9. The van der Waals surface area contributed by atoms with Gasteiger partial charge in [0, 0.05) is 24.7 Å². The van der Waals surface area contributed by atoms with E-state index in [1.54, 1.807) is 19.1 Å². The molecule has 0 aliphatic carbocycles. The SMILES string of the molecule is CCC\C=C/C(N)=C\C(C)=N\C(=N/C)NC(=O)Cc1ccc(Oc2ncccc2C(N)=O)c(F)c1. The lowest BCUT2D eigenvalue weighted by atomic mass is 10.1. The Bertz CT molecular complexity index is 1190. The standard InChI is InChI=1S/C25H29FN6O3/c1-4-5-6-8-18(27)13-16(2)31-25(29-3)32-22(33)15-17-10-11-21(20(26)14-17)35-24-19(23(28)34)9-7-12-30-24/h6-14H,4-5,15,27H2,1-3H3,(H2,28,34)(H,29,32,33)/b8-6-,18-13+,31-16+. The van der Waals surface area contributed by atoms with Gasteiger partial charge in [0.05, 0.1) is 6.42 Å². The van der Waals surface area contributed by atoms with Gasteiger partial charge in [-0.05, 0) is 55.3 Å². The number of halogens is 1. The Morgan fingerprint density at radius 2 is 2.03 bits per heavy atom. The number of hydrogen-bond donors (Lipinski definition) is 3. The van der Waals surface area contributed by atoms with Crippen LogP contribution in [0.2, 0.25) is 0 Å². The van der Waals surface area contributed by atoms with Gasteiger partial charge in [0.1, 0.15) is 5.56 Å². The Balaban J connectivity index is 2.04. The molecule has 0 atom stereocenters. The van der Waals surface area contributed by atoms with Gasteiger partial charge in [-0.2, -0.15) is 0 Å². The van der Waals surface area contributed by atoms with E-state index < -0.39 is 17.6 Å². The molecule has 2 aromatic rings. The third-order valence-electron chi connectivity index (χ3n) is 4.49. The number of primary amides is 1. The molecule has 0 bridgehead atoms. The molecule has 5 N–H and O–H groups in total. The molecule has 2 amide bonds. The van der Waals surface area contributed by atoms with Crippen LogP contribution in [-0.2, 0) is 11.2 Å². The number of aliphatic imine (C=N–C) groups is 2. The van der Waals surface area contributed by atoms with E-state index in [2.05, 4.69) is 27.2 Å². The number of nitrogens with zero attached hydrogens (tertiary/aromatic N) is 3. The van der Waals surface area contributed by atoms with Gasteiger partial charge in [-0.3, -0.25) is 19.9 Å². The number of ether oxygens (including phenoxy) is 1. The van der Waals surface area contributed by atoms with Crippen LogP contribution >= 0.6 is 0 Å². The summed E-state index contributed by atoms with van der Waals surface area (Å²) in [4.78, 5) is 36.1. The molecule has 0 saturated carbocycles. The van der Waals surface area contributed by atoms with Gasteiger partial charge >= 0.3 is 0 Å². The number of rotatable bonds is 9. The number of carbonyl (C=O) groups excluding carboxylic acids is 2. The Hall–Kier alpha value is -4.34. The number of amides is 2. The van der Waals surface area contributed by atoms with E-state index in [-0.39, 0.29) is 29.6 Å². The Morgan fingerprint density at radius 3 is 2.69 bits per heavy atom. The summed E-state index contributed by atoms with van der Waals surface area (Å²) in [5.74, 6) is -2.09. The molecule has 9 nitrogen and oxygen atoms in total. The lowest BCUT2D eigenvalue weighted by Gasteiger charge is -2.10. The van der Waals surface area contributed by atoms with Gasteiger partial charge in [0.15, 0.2) is 11.6 Å². The van der Waals surface area contributed by atoms with E-state index in [0.29, 0.717) is 17.0 Å². The number of guanidine groups is 1. The summed E-state index contributed by atoms with van der Waals surface area (Å²) in [6.07, 6.45) is 8.65. The maximum Gasteiger partial charge on any atom is 0.254 e. The average molecular weight is 481 g/mol. The summed E-state index contributed by atoms with van der Waals surface area (Å²) < 4.78 is 20.0. The highest BCUT2D eigenvalue weighted by Gasteiger charge is 2.15. The lowest BCUT2D eigenvalue weighted by Crippen LogP contribution is -2.31. The first-order chi connectivity index (χ1) is 16.7. The van der Waals surface area contributed by atoms with Gasteiger partial charge in [-0.15, -0.1) is 0 Å². The smallest absolute Gasteiger partial charge is 0.254 e. The van der Waals surface area contributed by atoms with Gasteiger partial charge in [-0.25, -0.2) is 14.4 Å². The minimum atomic E-state index is -0.751. The molecule has 10 heteroatoms. The number of nitrogens with one attached hydrogen (secondary N) is 1. The zero-order chi connectivity index (χ0) is 25.8. The summed E-state index contributed by atoms with van der Waals surface area (Å²) in [6, 6.07) is 6.96. The van der Waals surface area contributed by atoms with E-state index in [0.717, 1.165) is 18.9 Å². The predicted molar refractivity (Wildman–Crippen MR) is 134 cm³/mol. The number of pyridine rings is 1. The maximum absolute atomic E-state index is 14.6. The molecule has 1 aromatic heterocycles. The normalized spacial score (nSPS) is 12.6. The summed E-state index contributed by atoms with van der Waals surface area (Å²) in [5, 5.41) is 2.59. The number of unbranched alkanes of at least 4 members (excludes halogenated alkanes) is 1. The molecule has 0 spiro atoms. The fourth-order valence-corrected chi connectivity index (χ4v) is 2.86. The van der Waals surface area contributed by atoms with E-state index in [9.17, 15) is 14.0 Å². The van der Waals surface area contributed by atoms with Gasteiger partial charge in [-0.1, -0.05) is 25.5 Å². The van der Waals surface area contributed by atoms with Crippen molar-refractivity contribution in [3.05, 3.63) is 77.4 Å². The number of nitrogens with two attached hydrogens (primary N) is 2. The van der Waals surface area contributed by atoms with Crippen LogP contribution in [0.25, 0.3) is 0 Å². The highest BCUT2D eigenvalue weighted by atomic mass is 19.1. The number of hydrogen-bond acceptors (Lipinski definition) is 6. The van der Waals surface area contributed by atoms with E-state index in [1.165, 1.54) is 37.5 Å². The largest absolute Gasteiger partial charge is 0.435 e. The summed E-state index contributed by atoms with van der Waals surface area (Å²) in [5.41, 5.74) is 12.7. The quantitative estimate of drug-likeness (QED) is 0.286. The van der Waals surface area contributed by atoms with Crippen molar-refractivity contribution in [2.45, 2.75) is 33.1 Å². The van der Waals surface area contributed by atoms with Crippen molar-refractivity contribution in [1.82, 2.24) is 10.3 Å². The first-order valence-electron chi connectivity index (χ1n) is 10.9. The van der Waals surface area contributed by atoms with Crippen LogP contribution < -0.4 is 21.5 Å². The van der Waals surface area contributed by atoms with Crippen LogP contribution in [0, 0.1) is 5.82 Å². The van der Waals surface area contributed by atoms with Gasteiger partial charge in [0.2, 0.25) is 17.7 Å². The molecule has 0 aliphatic heterocycles. The van der Waals surface area contributed by atoms with E-state index >= 15 is 0 Å². The molecule has 0 aliphatic rings. The zero-order valence-corrected chi connectivity index (χ0v) is 19.9. The molecule has 184 valence electrons. The van der Waals surface area contributed by atoms with Crippen molar-refractivity contribution in [2.75, 3.05) is 7.05 Å². The zero-order valence-electron chi connectivity index (χ0n) is 19.9. The van der Waals surface area contributed by atoms with Crippen LogP contribution in [0.5, 0.6) is 11.6 Å². The average Bonchev–Trinajstić information content (AvgIpc) is 2.80. The maximum atomic E-state index is 14.6. The highest BCUT2D eigenvalue weighted by molar-refractivity contribution is 6.07. The van der Waals surface area contributed by atoms with E-state index in [4.69, 9.17) is 16.2 Å². The fourth-order valence-electron chi connectivity index (χ4n) is 2.86. The topological polar surface area (TPSA) is 145 Å². The molecular weight excluding hydrogens is 451 g/mol. The number of allylic oxidation sites excluding steroid dienone is 3. The molecule has 35 heavy (non-hydrogen) atoms. The predicted octanol–water partition coefficient (Wildman–Crippen LogP) is 3.42. The van der Waals surface area contributed by atoms with Crippen molar-refractivity contribution < 1.29 is 18.7 Å². The second kappa shape index (κ2) is 13.4. The Labute approximate surface area is 203 Å². The van der Waals surface area contributed by atoms with Gasteiger partial charge in [0.25, 0.3) is 5.91 Å². The van der Waals surface area contributed by atoms with E-state index in [1.807, 2.05) is 6.08 Å². The Morgan fingerprint density at radius 1 is 1.26 bits per heavy atom. The van der Waals surface area contributed by atoms with Crippen LogP contribution in [0.4, 0.5) is 4.39 Å². The molecule has 0 saturated heterocycles. The molecule has 0 fully saturated rings. The van der Waals surface area contributed by atoms with Crippen LogP contribution in [0.3, 0.4) is 0 Å². The number of aromatic nitrogens is 1. The van der Waals surface area contributed by atoms with Crippen LogP contribution in [0.15, 0.2) is 70.4 Å². The molecule has 0 unspecified atom stereocenters. The third-order valence-corrected chi connectivity index (χ3v) is 4.49. The minimum Gasteiger partial charge on any atom is -0.435 e. The lowest BCUT2D eigenvalue weighted by molar-refractivity contribution is -0.119. The monoisotopic (exact) mass is 480 g/mol. The molecule has 1 heterocycles. The van der Waals surface area contributed by atoms with Crippen molar-refractivity contribution >= 4 is 23.5 Å². The van der Waals surface area contributed by atoms with Crippen molar-refractivity contribution in [1.29, 1.82) is 0 Å². The number of carbonyl (C=O) groups is 2. The molecular formula is C25H29FN6O3. The van der Waals surface area contributed by atoms with Crippen LogP contribution in [-0.4, -0.2) is 35.5 Å². The molecule has 1 aromatic carbocycles. The van der Waals surface area contributed by atoms with Crippen molar-refractivity contribution in [3.8, 4) is 11.6 Å².